The van der Waals surface area contributed by atoms with Crippen molar-refractivity contribution in [3.05, 3.63) is 11.1 Å². The Bertz CT molecular complexity index is 337. The molecule has 2 N–H and O–H groups in total. The average Bonchev–Trinajstić information content (AvgIpc) is 2.65. The predicted octanol–water partition coefficient (Wildman–Crippen LogP) is 1.22. The third-order valence-corrected chi connectivity index (χ3v) is 3.66. The van der Waals surface area contributed by atoms with Crippen LogP contribution >= 0.6 is 11.3 Å². The van der Waals surface area contributed by atoms with Crippen LogP contribution in [0.2, 0.25) is 0 Å². The smallest absolute Gasteiger partial charge is 0.186 e. The lowest BCUT2D eigenvalue weighted by Crippen LogP contribution is -2.53. The van der Waals surface area contributed by atoms with Gasteiger partial charge in [-0.1, -0.05) is 0 Å². The number of anilines is 1. The summed E-state index contributed by atoms with van der Waals surface area (Å²) in [6, 6.07) is 0. The van der Waals surface area contributed by atoms with Gasteiger partial charge in [-0.15, -0.1) is 11.3 Å². The van der Waals surface area contributed by atoms with Gasteiger partial charge in [0.15, 0.2) is 5.13 Å². The Kier molecular flexibility index (Phi) is 2.95. The second-order valence-electron chi connectivity index (χ2n) is 4.33. The third-order valence-electron chi connectivity index (χ3n) is 2.62. The largest absolute Gasteiger partial charge is 0.377 e. The van der Waals surface area contributed by atoms with Gasteiger partial charge < -0.3 is 15.4 Å². The molecule has 0 bridgehead atoms. The summed E-state index contributed by atoms with van der Waals surface area (Å²) in [6.45, 7) is 7.36. The van der Waals surface area contributed by atoms with Gasteiger partial charge >= 0.3 is 0 Å². The van der Waals surface area contributed by atoms with E-state index in [-0.39, 0.29) is 5.54 Å². The van der Waals surface area contributed by atoms with Gasteiger partial charge in [0, 0.05) is 24.2 Å². The minimum atomic E-state index is 0.0297. The number of nitrogens with two attached hydrogens (primary N) is 1. The van der Waals surface area contributed by atoms with E-state index in [0.717, 1.165) is 29.8 Å². The number of morpholine rings is 1. The molecule has 0 saturated carbocycles. The molecule has 1 saturated heterocycles. The van der Waals surface area contributed by atoms with Crippen molar-refractivity contribution in [2.75, 3.05) is 24.7 Å². The molecule has 1 fully saturated rings. The maximum absolute atomic E-state index is 5.59. The first-order chi connectivity index (χ1) is 7.13. The summed E-state index contributed by atoms with van der Waals surface area (Å²) in [5, 5.41) is 1.06. The topological polar surface area (TPSA) is 51.4 Å². The molecule has 0 aliphatic carbocycles. The highest BCUT2D eigenvalue weighted by Gasteiger charge is 2.32. The van der Waals surface area contributed by atoms with E-state index in [1.807, 2.05) is 6.20 Å². The minimum absolute atomic E-state index is 0.0297. The molecule has 0 spiro atoms. The molecule has 84 valence electrons. The van der Waals surface area contributed by atoms with Crippen molar-refractivity contribution in [1.29, 1.82) is 0 Å². The van der Waals surface area contributed by atoms with E-state index in [2.05, 4.69) is 23.7 Å². The monoisotopic (exact) mass is 227 g/mol. The fourth-order valence-corrected chi connectivity index (χ4v) is 2.71. The Labute approximate surface area is 94.1 Å². The van der Waals surface area contributed by atoms with Crippen LogP contribution in [0.25, 0.3) is 0 Å². The molecule has 1 aliphatic rings. The van der Waals surface area contributed by atoms with Gasteiger partial charge in [0.05, 0.1) is 18.8 Å². The lowest BCUT2D eigenvalue weighted by Gasteiger charge is -2.41. The summed E-state index contributed by atoms with van der Waals surface area (Å²) >= 11 is 1.68. The Balaban J connectivity index is 2.21. The number of thiazole rings is 1. The van der Waals surface area contributed by atoms with Gasteiger partial charge in [0.25, 0.3) is 0 Å². The van der Waals surface area contributed by atoms with E-state index >= 15 is 0 Å². The van der Waals surface area contributed by atoms with E-state index in [1.54, 1.807) is 11.3 Å². The van der Waals surface area contributed by atoms with Crippen molar-refractivity contribution in [2.24, 2.45) is 5.73 Å². The van der Waals surface area contributed by atoms with E-state index in [9.17, 15) is 0 Å². The maximum atomic E-state index is 5.59. The molecule has 0 unspecified atom stereocenters. The fourth-order valence-electron chi connectivity index (χ4n) is 1.73. The van der Waals surface area contributed by atoms with Crippen LogP contribution in [0.15, 0.2) is 6.20 Å². The molecule has 0 radical (unpaired) electrons. The Hall–Kier alpha value is -0.650. The van der Waals surface area contributed by atoms with Crippen LogP contribution in [-0.2, 0) is 11.3 Å². The van der Waals surface area contributed by atoms with Gasteiger partial charge in [-0.3, -0.25) is 0 Å². The van der Waals surface area contributed by atoms with Crippen LogP contribution in [-0.4, -0.2) is 30.3 Å². The first kappa shape index (κ1) is 10.9. The summed E-state index contributed by atoms with van der Waals surface area (Å²) in [4.78, 5) is 7.85. The van der Waals surface area contributed by atoms with Crippen LogP contribution in [0.3, 0.4) is 0 Å². The predicted molar refractivity (Wildman–Crippen MR) is 62.2 cm³/mol. The second kappa shape index (κ2) is 4.08. The molecule has 1 aromatic heterocycles. The lowest BCUT2D eigenvalue weighted by molar-refractivity contribution is 0.0644. The summed E-state index contributed by atoms with van der Waals surface area (Å²) in [5.74, 6) is 0. The molecule has 0 atom stereocenters. The van der Waals surface area contributed by atoms with Crippen molar-refractivity contribution in [2.45, 2.75) is 25.9 Å². The second-order valence-corrected chi connectivity index (χ2v) is 5.42. The molecule has 4 nitrogen and oxygen atoms in total. The summed E-state index contributed by atoms with van der Waals surface area (Å²) in [7, 11) is 0. The zero-order chi connectivity index (χ0) is 10.9. The summed E-state index contributed by atoms with van der Waals surface area (Å²) < 4.78 is 5.48. The van der Waals surface area contributed by atoms with Crippen LogP contribution in [0.4, 0.5) is 5.13 Å². The molecule has 2 rings (SSSR count). The molecule has 0 aromatic carbocycles. The standard InChI is InChI=1S/C10H17N3OS/c1-10(2)7-14-4-3-13(10)9-12-6-8(5-11)15-9/h6H,3-5,7,11H2,1-2H3. The fraction of sp³-hybridized carbons (Fsp3) is 0.700. The molecule has 0 amide bonds. The molecule has 15 heavy (non-hydrogen) atoms. The number of aromatic nitrogens is 1. The highest BCUT2D eigenvalue weighted by molar-refractivity contribution is 7.15. The third kappa shape index (κ3) is 2.14. The van der Waals surface area contributed by atoms with Crippen LogP contribution in [0.5, 0.6) is 0 Å². The first-order valence-electron chi connectivity index (χ1n) is 5.13. The average molecular weight is 227 g/mol. The maximum Gasteiger partial charge on any atom is 0.186 e. The van der Waals surface area contributed by atoms with Gasteiger partial charge in [0.1, 0.15) is 0 Å². The van der Waals surface area contributed by atoms with Crippen molar-refractivity contribution >= 4 is 16.5 Å². The van der Waals surface area contributed by atoms with Gasteiger partial charge in [-0.05, 0) is 13.8 Å². The quantitative estimate of drug-likeness (QED) is 0.825. The van der Waals surface area contributed by atoms with Crippen molar-refractivity contribution in [3.63, 3.8) is 0 Å². The number of hydrogen-bond donors (Lipinski definition) is 1. The number of ether oxygens (including phenoxy) is 1. The summed E-state index contributed by atoms with van der Waals surface area (Å²) in [5.41, 5.74) is 5.62. The van der Waals surface area contributed by atoms with E-state index < -0.39 is 0 Å². The molecule has 2 heterocycles. The van der Waals surface area contributed by atoms with Crippen LogP contribution in [0.1, 0.15) is 18.7 Å². The van der Waals surface area contributed by atoms with E-state index in [4.69, 9.17) is 10.5 Å². The van der Waals surface area contributed by atoms with Crippen LogP contribution in [0, 0.1) is 0 Å². The minimum Gasteiger partial charge on any atom is -0.377 e. The number of hydrogen-bond acceptors (Lipinski definition) is 5. The SMILES string of the molecule is CC1(C)COCCN1c1ncc(CN)s1. The Morgan fingerprint density at radius 3 is 3.07 bits per heavy atom. The van der Waals surface area contributed by atoms with Gasteiger partial charge in [0.2, 0.25) is 0 Å². The first-order valence-corrected chi connectivity index (χ1v) is 5.95. The van der Waals surface area contributed by atoms with E-state index in [0.29, 0.717) is 6.54 Å². The number of nitrogens with zero attached hydrogens (tertiary/aromatic N) is 2. The van der Waals surface area contributed by atoms with Crippen molar-refractivity contribution in [3.8, 4) is 0 Å². The normalized spacial score (nSPS) is 20.6. The molecule has 1 aromatic rings. The van der Waals surface area contributed by atoms with Gasteiger partial charge in [-0.2, -0.15) is 0 Å². The molecular weight excluding hydrogens is 210 g/mol. The highest BCUT2D eigenvalue weighted by Crippen LogP contribution is 2.30. The van der Waals surface area contributed by atoms with Crippen LogP contribution < -0.4 is 10.6 Å². The zero-order valence-corrected chi connectivity index (χ0v) is 10.0. The Morgan fingerprint density at radius 1 is 1.67 bits per heavy atom. The summed E-state index contributed by atoms with van der Waals surface area (Å²) in [6.07, 6.45) is 1.87. The highest BCUT2D eigenvalue weighted by atomic mass is 32.1. The van der Waals surface area contributed by atoms with E-state index in [1.165, 1.54) is 0 Å². The van der Waals surface area contributed by atoms with Crippen molar-refractivity contribution < 1.29 is 4.74 Å². The van der Waals surface area contributed by atoms with Crippen molar-refractivity contribution in [1.82, 2.24) is 4.98 Å². The number of rotatable bonds is 2. The molecular formula is C10H17N3OS. The van der Waals surface area contributed by atoms with Gasteiger partial charge in [-0.25, -0.2) is 4.98 Å². The Morgan fingerprint density at radius 2 is 2.47 bits per heavy atom. The zero-order valence-electron chi connectivity index (χ0n) is 9.19. The molecule has 5 heteroatoms. The molecule has 1 aliphatic heterocycles. The lowest BCUT2D eigenvalue weighted by atomic mass is 10.0.